The number of rotatable bonds is 4. The lowest BCUT2D eigenvalue weighted by Crippen LogP contribution is -2.35. The van der Waals surface area contributed by atoms with Crippen LogP contribution in [0.15, 0.2) is 22.9 Å². The molecule has 1 amide bonds. The zero-order valence-corrected chi connectivity index (χ0v) is 13.8. The summed E-state index contributed by atoms with van der Waals surface area (Å²) in [5.74, 6) is 2.17. The quantitative estimate of drug-likeness (QED) is 0.821. The Balaban J connectivity index is 1.35. The fourth-order valence-electron chi connectivity index (χ4n) is 3.97. The number of ether oxygens (including phenoxy) is 1. The summed E-state index contributed by atoms with van der Waals surface area (Å²) in [5.41, 5.74) is 0.434. The Morgan fingerprint density at radius 1 is 1.32 bits per heavy atom. The molecule has 2 saturated heterocycles. The lowest BCUT2D eigenvalue weighted by Gasteiger charge is -2.25. The molecule has 1 aliphatic carbocycles. The van der Waals surface area contributed by atoms with Crippen molar-refractivity contribution in [3.63, 3.8) is 0 Å². The van der Waals surface area contributed by atoms with E-state index in [0.717, 1.165) is 18.7 Å². The van der Waals surface area contributed by atoms with Crippen LogP contribution in [0.5, 0.6) is 0 Å². The average Bonchev–Trinajstić information content (AvgIpc) is 3.11. The minimum absolute atomic E-state index is 0.00660. The predicted molar refractivity (Wildman–Crippen MR) is 84.7 cm³/mol. The van der Waals surface area contributed by atoms with Crippen LogP contribution in [0, 0.1) is 11.3 Å². The molecule has 130 valence electrons. The highest BCUT2D eigenvalue weighted by Crippen LogP contribution is 2.45. The van der Waals surface area contributed by atoms with Gasteiger partial charge in [0.1, 0.15) is 0 Å². The lowest BCUT2D eigenvalue weighted by molar-refractivity contribution is 0.0713. The van der Waals surface area contributed by atoms with Crippen LogP contribution in [0.1, 0.15) is 40.9 Å². The van der Waals surface area contributed by atoms with Crippen LogP contribution >= 0.6 is 0 Å². The molecule has 3 aliphatic rings. The minimum atomic E-state index is -0.135. The van der Waals surface area contributed by atoms with E-state index >= 15 is 0 Å². The van der Waals surface area contributed by atoms with Gasteiger partial charge in [-0.2, -0.15) is 10.2 Å². The second-order valence-corrected chi connectivity index (χ2v) is 7.38. The van der Waals surface area contributed by atoms with Gasteiger partial charge in [0.05, 0.1) is 31.2 Å². The summed E-state index contributed by atoms with van der Waals surface area (Å²) < 4.78 is 11.6. The number of hydrogen-bond donors (Lipinski definition) is 0. The van der Waals surface area contributed by atoms with Crippen molar-refractivity contribution >= 4 is 5.91 Å². The van der Waals surface area contributed by atoms with E-state index in [1.807, 2.05) is 4.90 Å². The van der Waals surface area contributed by atoms with Gasteiger partial charge in [-0.05, 0) is 18.9 Å². The summed E-state index contributed by atoms with van der Waals surface area (Å²) in [4.78, 5) is 14.6. The summed E-state index contributed by atoms with van der Waals surface area (Å²) in [6.07, 6.45) is 6.00. The predicted octanol–water partition coefficient (Wildman–Crippen LogP) is 1.07. The number of aromatic nitrogens is 4. The molecule has 25 heavy (non-hydrogen) atoms. The zero-order valence-electron chi connectivity index (χ0n) is 13.8. The number of carbonyl (C=O) groups excluding carboxylic acids is 1. The first-order valence-electron chi connectivity index (χ1n) is 8.69. The Bertz CT molecular complexity index is 791. The van der Waals surface area contributed by atoms with E-state index in [-0.39, 0.29) is 11.3 Å². The zero-order chi connectivity index (χ0) is 16.9. The monoisotopic (exact) mass is 341 g/mol. The molecule has 2 aromatic heterocycles. The van der Waals surface area contributed by atoms with E-state index in [4.69, 9.17) is 9.15 Å². The van der Waals surface area contributed by atoms with Crippen molar-refractivity contribution in [2.45, 2.75) is 25.2 Å². The standard InChI is InChI=1S/C17H19N5O3/c23-16(12-3-4-18-19-6-12)22-7-13-8-24-10-17(13,9-22)5-14-20-21-15(25-14)11-1-2-11/h3-4,6,11,13H,1-2,5,7-10H2/t13-,17+/m1/s1. The molecule has 0 bridgehead atoms. The Labute approximate surface area is 144 Å². The molecular weight excluding hydrogens is 322 g/mol. The topological polar surface area (TPSA) is 94.2 Å². The molecule has 0 aromatic carbocycles. The number of carbonyl (C=O) groups is 1. The molecular formula is C17H19N5O3. The Hall–Kier alpha value is -2.35. The Morgan fingerprint density at radius 3 is 3.04 bits per heavy atom. The molecule has 0 unspecified atom stereocenters. The van der Waals surface area contributed by atoms with Gasteiger partial charge in [-0.15, -0.1) is 10.2 Å². The van der Waals surface area contributed by atoms with Crippen molar-refractivity contribution in [1.29, 1.82) is 0 Å². The van der Waals surface area contributed by atoms with Gasteiger partial charge in [-0.1, -0.05) is 0 Å². The number of amides is 1. The lowest BCUT2D eigenvalue weighted by atomic mass is 9.78. The third-order valence-corrected chi connectivity index (χ3v) is 5.55. The molecule has 2 aliphatic heterocycles. The van der Waals surface area contributed by atoms with Gasteiger partial charge in [-0.25, -0.2) is 0 Å². The fourth-order valence-corrected chi connectivity index (χ4v) is 3.97. The van der Waals surface area contributed by atoms with Crippen LogP contribution in [0.3, 0.4) is 0 Å². The normalized spacial score (nSPS) is 28.3. The Kier molecular flexibility index (Phi) is 3.34. The molecule has 3 fully saturated rings. The summed E-state index contributed by atoms with van der Waals surface area (Å²) >= 11 is 0. The smallest absolute Gasteiger partial charge is 0.255 e. The van der Waals surface area contributed by atoms with Gasteiger partial charge < -0.3 is 14.1 Å². The highest BCUT2D eigenvalue weighted by molar-refractivity contribution is 5.94. The van der Waals surface area contributed by atoms with Crippen molar-refractivity contribution in [3.8, 4) is 0 Å². The van der Waals surface area contributed by atoms with E-state index in [9.17, 15) is 4.79 Å². The van der Waals surface area contributed by atoms with Crippen molar-refractivity contribution in [3.05, 3.63) is 35.8 Å². The minimum Gasteiger partial charge on any atom is -0.425 e. The van der Waals surface area contributed by atoms with Gasteiger partial charge in [0.2, 0.25) is 11.8 Å². The van der Waals surface area contributed by atoms with Crippen LogP contribution in [0.25, 0.3) is 0 Å². The summed E-state index contributed by atoms with van der Waals surface area (Å²) in [7, 11) is 0. The maximum Gasteiger partial charge on any atom is 0.255 e. The van der Waals surface area contributed by atoms with Crippen LogP contribution < -0.4 is 0 Å². The van der Waals surface area contributed by atoms with Crippen molar-refractivity contribution in [1.82, 2.24) is 25.3 Å². The van der Waals surface area contributed by atoms with Crippen molar-refractivity contribution < 1.29 is 13.9 Å². The highest BCUT2D eigenvalue weighted by Gasteiger charge is 2.52. The third-order valence-electron chi connectivity index (χ3n) is 5.55. The number of fused-ring (bicyclic) bond motifs is 1. The van der Waals surface area contributed by atoms with Gasteiger partial charge in [-0.3, -0.25) is 4.79 Å². The molecule has 8 heteroatoms. The van der Waals surface area contributed by atoms with E-state index in [1.165, 1.54) is 6.20 Å². The van der Waals surface area contributed by atoms with Crippen LogP contribution in [-0.4, -0.2) is 57.5 Å². The first kappa shape index (κ1) is 14.9. The molecule has 0 N–H and O–H groups in total. The van der Waals surface area contributed by atoms with E-state index in [0.29, 0.717) is 56.0 Å². The fraction of sp³-hybridized carbons (Fsp3) is 0.588. The summed E-state index contributed by atoms with van der Waals surface area (Å²) in [6, 6.07) is 1.70. The van der Waals surface area contributed by atoms with Crippen LogP contribution in [0.4, 0.5) is 0 Å². The van der Waals surface area contributed by atoms with Gasteiger partial charge in [0.25, 0.3) is 5.91 Å². The number of hydrogen-bond acceptors (Lipinski definition) is 7. The second-order valence-electron chi connectivity index (χ2n) is 7.38. The molecule has 2 aromatic rings. The summed E-state index contributed by atoms with van der Waals surface area (Å²) in [6.45, 7) is 2.61. The van der Waals surface area contributed by atoms with E-state index < -0.39 is 0 Å². The second kappa shape index (κ2) is 5.59. The van der Waals surface area contributed by atoms with Gasteiger partial charge >= 0.3 is 0 Å². The molecule has 1 saturated carbocycles. The maximum absolute atomic E-state index is 12.7. The molecule has 0 spiro atoms. The summed E-state index contributed by atoms with van der Waals surface area (Å²) in [5, 5.41) is 15.9. The SMILES string of the molecule is O=C(c1ccnnc1)N1C[C@@H]2COC[C@]2(Cc2nnc(C3CC3)o2)C1. The first-order chi connectivity index (χ1) is 12.2. The van der Waals surface area contributed by atoms with E-state index in [2.05, 4.69) is 20.4 Å². The molecule has 4 heterocycles. The van der Waals surface area contributed by atoms with Crippen LogP contribution in [0.2, 0.25) is 0 Å². The van der Waals surface area contributed by atoms with Gasteiger partial charge in [0, 0.05) is 36.8 Å². The van der Waals surface area contributed by atoms with Crippen LogP contribution in [-0.2, 0) is 11.2 Å². The van der Waals surface area contributed by atoms with Crippen molar-refractivity contribution in [2.75, 3.05) is 26.3 Å². The average molecular weight is 341 g/mol. The third kappa shape index (κ3) is 2.60. The molecule has 8 nitrogen and oxygen atoms in total. The van der Waals surface area contributed by atoms with Gasteiger partial charge in [0.15, 0.2) is 0 Å². The number of likely N-dealkylation sites (tertiary alicyclic amines) is 1. The van der Waals surface area contributed by atoms with Crippen molar-refractivity contribution in [2.24, 2.45) is 11.3 Å². The molecule has 0 radical (unpaired) electrons. The first-order valence-corrected chi connectivity index (χ1v) is 8.69. The number of nitrogens with zero attached hydrogens (tertiary/aromatic N) is 5. The highest BCUT2D eigenvalue weighted by atomic mass is 16.5. The largest absolute Gasteiger partial charge is 0.425 e. The van der Waals surface area contributed by atoms with E-state index in [1.54, 1.807) is 12.3 Å². The maximum atomic E-state index is 12.7. The Morgan fingerprint density at radius 2 is 2.24 bits per heavy atom. The molecule has 5 rings (SSSR count). The molecule has 2 atom stereocenters.